The fourth-order valence-corrected chi connectivity index (χ4v) is 3.69. The minimum atomic E-state index is -0.861. The Bertz CT molecular complexity index is 715. The number of nitrogen functional groups attached to an aromatic ring is 1. The van der Waals surface area contributed by atoms with Gasteiger partial charge in [-0.05, 0) is 48.6 Å². The van der Waals surface area contributed by atoms with Gasteiger partial charge in [-0.25, -0.2) is 0 Å². The molecule has 1 heterocycles. The van der Waals surface area contributed by atoms with Crippen molar-refractivity contribution in [3.8, 4) is 0 Å². The zero-order chi connectivity index (χ0) is 15.2. The molecule has 1 aliphatic heterocycles. The van der Waals surface area contributed by atoms with Crippen LogP contribution in [-0.4, -0.2) is 5.85 Å². The summed E-state index contributed by atoms with van der Waals surface area (Å²) in [5, 5.41) is 3.41. The molecule has 0 fully saturated rings. The predicted octanol–water partition coefficient (Wildman–Crippen LogP) is 2.94. The van der Waals surface area contributed by atoms with Crippen molar-refractivity contribution in [3.63, 3.8) is 0 Å². The van der Waals surface area contributed by atoms with Crippen LogP contribution in [0.5, 0.6) is 0 Å². The van der Waals surface area contributed by atoms with Crippen molar-refractivity contribution in [1.29, 1.82) is 0 Å². The van der Waals surface area contributed by atoms with Crippen LogP contribution in [0.1, 0.15) is 35.4 Å². The van der Waals surface area contributed by atoms with Crippen molar-refractivity contribution >= 4 is 11.4 Å². The molecule has 2 aliphatic rings. The van der Waals surface area contributed by atoms with Crippen molar-refractivity contribution in [2.24, 2.45) is 5.73 Å². The van der Waals surface area contributed by atoms with E-state index < -0.39 is 5.85 Å². The van der Waals surface area contributed by atoms with Crippen LogP contribution in [0.3, 0.4) is 0 Å². The fraction of sp³-hybridized carbons (Fsp3) is 0.333. The van der Waals surface area contributed by atoms with Gasteiger partial charge in [0.1, 0.15) is 0 Å². The quantitative estimate of drug-likeness (QED) is 0.707. The summed E-state index contributed by atoms with van der Waals surface area (Å²) in [5.74, 6) is -0.706. The lowest BCUT2D eigenvalue weighted by Crippen LogP contribution is -2.57. The van der Waals surface area contributed by atoms with Gasteiger partial charge in [0, 0.05) is 22.9 Å². The van der Waals surface area contributed by atoms with Crippen LogP contribution in [0.2, 0.25) is 0 Å². The van der Waals surface area contributed by atoms with E-state index in [4.69, 9.17) is 16.2 Å². The van der Waals surface area contributed by atoms with E-state index in [1.165, 1.54) is 11.1 Å². The van der Waals surface area contributed by atoms with Crippen LogP contribution in [0.4, 0.5) is 11.4 Å². The third-order valence-electron chi connectivity index (χ3n) is 4.81. The molecular formula is C18H21N3O. The van der Waals surface area contributed by atoms with Gasteiger partial charge >= 0.3 is 0 Å². The highest BCUT2D eigenvalue weighted by molar-refractivity contribution is 5.60. The Morgan fingerprint density at radius 2 is 2.00 bits per heavy atom. The highest BCUT2D eigenvalue weighted by atomic mass is 16.5. The van der Waals surface area contributed by atoms with Gasteiger partial charge in [0.15, 0.2) is 5.85 Å². The molecule has 0 bridgehead atoms. The van der Waals surface area contributed by atoms with Gasteiger partial charge in [0.05, 0.1) is 6.61 Å². The van der Waals surface area contributed by atoms with Crippen LogP contribution in [0, 0.1) is 0 Å². The molecule has 114 valence electrons. The first kappa shape index (κ1) is 13.6. The Labute approximate surface area is 130 Å². The van der Waals surface area contributed by atoms with Crippen molar-refractivity contribution in [1.82, 2.24) is 0 Å². The maximum absolute atomic E-state index is 6.64. The molecule has 0 amide bonds. The summed E-state index contributed by atoms with van der Waals surface area (Å²) in [6.07, 6.45) is 3.29. The molecule has 2 atom stereocenters. The number of nitrogens with one attached hydrogen (secondary N) is 1. The lowest BCUT2D eigenvalue weighted by atomic mass is 9.79. The Morgan fingerprint density at radius 1 is 1.14 bits per heavy atom. The molecule has 0 radical (unpaired) electrons. The summed E-state index contributed by atoms with van der Waals surface area (Å²) in [4.78, 5) is 0. The zero-order valence-corrected chi connectivity index (χ0v) is 12.5. The lowest BCUT2D eigenvalue weighted by Gasteiger charge is -2.44. The molecule has 1 aliphatic carbocycles. The Kier molecular flexibility index (Phi) is 3.10. The van der Waals surface area contributed by atoms with Crippen LogP contribution in [-0.2, 0) is 17.8 Å². The number of fused-ring (bicyclic) bond motifs is 2. The number of aryl methyl sites for hydroxylation is 1. The number of ether oxygens (including phenoxy) is 1. The number of nitrogens with two attached hydrogens (primary N) is 2. The molecule has 4 rings (SSSR count). The minimum Gasteiger partial charge on any atom is -0.399 e. The first-order valence-electron chi connectivity index (χ1n) is 7.83. The average Bonchev–Trinajstić information content (AvgIpc) is 2.55. The van der Waals surface area contributed by atoms with Crippen molar-refractivity contribution in [2.75, 3.05) is 11.1 Å². The Balaban J connectivity index is 1.70. The average molecular weight is 295 g/mol. The molecule has 0 aromatic heterocycles. The van der Waals surface area contributed by atoms with E-state index in [9.17, 15) is 0 Å². The van der Waals surface area contributed by atoms with E-state index >= 15 is 0 Å². The maximum atomic E-state index is 6.64. The highest BCUT2D eigenvalue weighted by Crippen LogP contribution is 2.42. The van der Waals surface area contributed by atoms with E-state index in [2.05, 4.69) is 29.6 Å². The largest absolute Gasteiger partial charge is 0.399 e. The Hall–Kier alpha value is -2.04. The first-order valence-corrected chi connectivity index (χ1v) is 7.83. The van der Waals surface area contributed by atoms with Gasteiger partial charge in [0.2, 0.25) is 0 Å². The number of hydrogen-bond donors (Lipinski definition) is 3. The summed E-state index contributed by atoms with van der Waals surface area (Å²) < 4.78 is 6.05. The third-order valence-corrected chi connectivity index (χ3v) is 4.81. The van der Waals surface area contributed by atoms with Gasteiger partial charge in [-0.1, -0.05) is 24.3 Å². The molecular weight excluding hydrogens is 274 g/mol. The predicted molar refractivity (Wildman–Crippen MR) is 88.3 cm³/mol. The third kappa shape index (κ3) is 2.16. The highest BCUT2D eigenvalue weighted by Gasteiger charge is 2.42. The smallest absolute Gasteiger partial charge is 0.200 e. The number of hydrogen-bond acceptors (Lipinski definition) is 4. The molecule has 22 heavy (non-hydrogen) atoms. The Morgan fingerprint density at radius 3 is 2.91 bits per heavy atom. The monoisotopic (exact) mass is 295 g/mol. The maximum Gasteiger partial charge on any atom is 0.200 e. The molecule has 0 spiro atoms. The topological polar surface area (TPSA) is 73.3 Å². The van der Waals surface area contributed by atoms with E-state index in [1.807, 2.05) is 18.2 Å². The van der Waals surface area contributed by atoms with Gasteiger partial charge in [-0.3, -0.25) is 5.73 Å². The second kappa shape index (κ2) is 5.00. The zero-order valence-electron chi connectivity index (χ0n) is 12.5. The first-order chi connectivity index (χ1) is 10.7. The second-order valence-corrected chi connectivity index (χ2v) is 6.27. The lowest BCUT2D eigenvalue weighted by molar-refractivity contribution is -0.0611. The molecule has 4 heteroatoms. The van der Waals surface area contributed by atoms with Gasteiger partial charge in [0.25, 0.3) is 0 Å². The van der Waals surface area contributed by atoms with E-state index in [-0.39, 0.29) is 5.92 Å². The molecule has 0 saturated heterocycles. The molecule has 0 saturated carbocycles. The molecule has 2 aromatic carbocycles. The van der Waals surface area contributed by atoms with Crippen molar-refractivity contribution in [3.05, 3.63) is 59.2 Å². The van der Waals surface area contributed by atoms with Gasteiger partial charge in [-0.15, -0.1) is 0 Å². The van der Waals surface area contributed by atoms with Crippen molar-refractivity contribution in [2.45, 2.75) is 37.6 Å². The van der Waals surface area contributed by atoms with Gasteiger partial charge < -0.3 is 15.8 Å². The SMILES string of the molecule is Nc1ccc2c(c1)COC(N)(C1CCCc3ccccc31)N2. The van der Waals surface area contributed by atoms with Crippen molar-refractivity contribution < 1.29 is 4.74 Å². The molecule has 5 N–H and O–H groups in total. The van der Waals surface area contributed by atoms with Crippen LogP contribution in [0.15, 0.2) is 42.5 Å². The van der Waals surface area contributed by atoms with E-state index in [0.29, 0.717) is 6.61 Å². The standard InChI is InChI=1S/C18H21N3O/c19-14-8-9-17-13(10-14)11-22-18(20,21-17)16-7-3-5-12-4-1-2-6-15(12)16/h1-2,4,6,8-10,16,21H,3,5,7,11,19-20H2. The molecule has 2 unspecified atom stereocenters. The van der Waals surface area contributed by atoms with Gasteiger partial charge in [-0.2, -0.15) is 0 Å². The molecule has 4 nitrogen and oxygen atoms in total. The van der Waals surface area contributed by atoms with E-state index in [1.54, 1.807) is 0 Å². The molecule has 2 aromatic rings. The summed E-state index contributed by atoms with van der Waals surface area (Å²) in [7, 11) is 0. The number of anilines is 2. The summed E-state index contributed by atoms with van der Waals surface area (Å²) >= 11 is 0. The number of benzene rings is 2. The summed E-state index contributed by atoms with van der Waals surface area (Å²) in [5.41, 5.74) is 18.0. The number of rotatable bonds is 1. The summed E-state index contributed by atoms with van der Waals surface area (Å²) in [6, 6.07) is 14.4. The van der Waals surface area contributed by atoms with Crippen LogP contribution in [0.25, 0.3) is 0 Å². The van der Waals surface area contributed by atoms with Crippen LogP contribution >= 0.6 is 0 Å². The normalized spacial score (nSPS) is 26.7. The minimum absolute atomic E-state index is 0.156. The van der Waals surface area contributed by atoms with Crippen LogP contribution < -0.4 is 16.8 Å². The second-order valence-electron chi connectivity index (χ2n) is 6.27. The fourth-order valence-electron chi connectivity index (χ4n) is 3.69. The van der Waals surface area contributed by atoms with E-state index in [0.717, 1.165) is 36.2 Å². The summed E-state index contributed by atoms with van der Waals surface area (Å²) in [6.45, 7) is 0.489.